The van der Waals surface area contributed by atoms with E-state index in [2.05, 4.69) is 20.0 Å². The van der Waals surface area contributed by atoms with E-state index < -0.39 is 27.8 Å². The molecule has 0 saturated carbocycles. The molecule has 206 valence electrons. The summed E-state index contributed by atoms with van der Waals surface area (Å²) in [4.78, 5) is 4.44. The minimum absolute atomic E-state index is 0.0692. The number of aromatic nitrogens is 5. The number of rotatable bonds is 6. The summed E-state index contributed by atoms with van der Waals surface area (Å²) in [6, 6.07) is 14.1. The summed E-state index contributed by atoms with van der Waals surface area (Å²) in [6.07, 6.45) is -0.712. The number of benzene rings is 3. The summed E-state index contributed by atoms with van der Waals surface area (Å²) in [5, 5.41) is 8.13. The summed E-state index contributed by atoms with van der Waals surface area (Å²) in [6.45, 7) is 3.47. The van der Waals surface area contributed by atoms with Crippen LogP contribution in [0.15, 0.2) is 78.0 Å². The molecule has 3 aromatic carbocycles. The number of hydrogen-bond donors (Lipinski definition) is 0. The highest BCUT2D eigenvalue weighted by molar-refractivity contribution is 7.90. The lowest BCUT2D eigenvalue weighted by atomic mass is 10.0. The van der Waals surface area contributed by atoms with Crippen molar-refractivity contribution in [3.05, 3.63) is 90.4 Å². The molecule has 0 fully saturated rings. The van der Waals surface area contributed by atoms with E-state index in [1.54, 1.807) is 42.8 Å². The molecule has 0 spiro atoms. The van der Waals surface area contributed by atoms with Crippen LogP contribution in [0.1, 0.15) is 11.5 Å². The highest BCUT2D eigenvalue weighted by Crippen LogP contribution is 2.34. The van der Waals surface area contributed by atoms with Gasteiger partial charge in [0.1, 0.15) is 23.1 Å². The first-order valence-corrected chi connectivity index (χ1v) is 13.6. The van der Waals surface area contributed by atoms with Crippen LogP contribution in [0.5, 0.6) is 5.75 Å². The van der Waals surface area contributed by atoms with Crippen LogP contribution in [0.2, 0.25) is 0 Å². The Kier molecular flexibility index (Phi) is 6.70. The molecule has 0 unspecified atom stereocenters. The predicted octanol–water partition coefficient (Wildman–Crippen LogP) is 5.85. The van der Waals surface area contributed by atoms with E-state index >= 15 is 4.39 Å². The van der Waals surface area contributed by atoms with Gasteiger partial charge in [-0.05, 0) is 73.5 Å². The molecule has 5 rings (SSSR count). The van der Waals surface area contributed by atoms with Crippen molar-refractivity contribution in [2.75, 3.05) is 6.26 Å². The fourth-order valence-electron chi connectivity index (χ4n) is 4.34. The smallest absolute Gasteiger partial charge is 0.406 e. The van der Waals surface area contributed by atoms with Gasteiger partial charge in [-0.25, -0.2) is 22.5 Å². The number of halogens is 4. The van der Waals surface area contributed by atoms with E-state index in [4.69, 9.17) is 0 Å². The molecule has 0 amide bonds. The van der Waals surface area contributed by atoms with Crippen LogP contribution >= 0.6 is 0 Å². The summed E-state index contributed by atoms with van der Waals surface area (Å²) in [5.41, 5.74) is 2.60. The number of aryl methyl sites for hydroxylation is 2. The third kappa shape index (κ3) is 5.45. The third-order valence-corrected chi connectivity index (χ3v) is 7.15. The first-order chi connectivity index (χ1) is 18.8. The molecule has 0 N–H and O–H groups in total. The third-order valence-electron chi connectivity index (χ3n) is 6.04. The molecular formula is C27H21F4N5O3S. The van der Waals surface area contributed by atoms with E-state index in [1.165, 1.54) is 41.2 Å². The molecule has 0 saturated heterocycles. The Morgan fingerprint density at radius 3 is 2.27 bits per heavy atom. The second-order valence-electron chi connectivity index (χ2n) is 9.03. The normalized spacial score (nSPS) is 12.1. The van der Waals surface area contributed by atoms with Crippen molar-refractivity contribution in [3.8, 4) is 39.5 Å². The van der Waals surface area contributed by atoms with Crippen LogP contribution in [-0.2, 0) is 9.84 Å². The van der Waals surface area contributed by atoms with Crippen LogP contribution in [-0.4, -0.2) is 45.6 Å². The van der Waals surface area contributed by atoms with E-state index in [9.17, 15) is 21.6 Å². The lowest BCUT2D eigenvalue weighted by molar-refractivity contribution is -0.274. The number of ether oxygens (including phenoxy) is 1. The van der Waals surface area contributed by atoms with Crippen molar-refractivity contribution in [1.82, 2.24) is 24.5 Å². The summed E-state index contributed by atoms with van der Waals surface area (Å²) >= 11 is 0. The van der Waals surface area contributed by atoms with Crippen molar-refractivity contribution in [2.45, 2.75) is 25.1 Å². The van der Waals surface area contributed by atoms with Gasteiger partial charge in [0, 0.05) is 18.0 Å². The number of nitrogens with zero attached hydrogens (tertiary/aromatic N) is 5. The SMILES string of the molecule is Cc1cn(-c2c(F)cc(-c3cccc(S(C)(=O)=O)c3)cc2-n2nncc2-c2ccc(OC(F)(F)F)cc2)c(C)n1. The number of imidazole rings is 1. The second kappa shape index (κ2) is 9.90. The zero-order valence-electron chi connectivity index (χ0n) is 21.3. The van der Waals surface area contributed by atoms with Crippen LogP contribution in [0.4, 0.5) is 17.6 Å². The maximum absolute atomic E-state index is 16.0. The van der Waals surface area contributed by atoms with Gasteiger partial charge in [0.15, 0.2) is 9.84 Å². The van der Waals surface area contributed by atoms with Gasteiger partial charge >= 0.3 is 6.36 Å². The molecule has 0 atom stereocenters. The standard InChI is InChI=1S/C27H21F4N5O3S/c1-16-15-35(17(2)33-16)26-23(28)12-20(19-5-4-6-22(11-19)40(3,37)38)13-24(26)36-25(14-32-34-36)18-7-9-21(10-8-18)39-27(29,30)31/h4-15H,1-3H3. The molecular weight excluding hydrogens is 550 g/mol. The van der Waals surface area contributed by atoms with Crippen molar-refractivity contribution < 1.29 is 30.7 Å². The fraction of sp³-hybridized carbons (Fsp3) is 0.148. The molecule has 2 aromatic heterocycles. The molecule has 0 bridgehead atoms. The van der Waals surface area contributed by atoms with E-state index in [0.29, 0.717) is 33.9 Å². The minimum atomic E-state index is -4.84. The van der Waals surface area contributed by atoms with Crippen LogP contribution in [0.3, 0.4) is 0 Å². The topological polar surface area (TPSA) is 91.9 Å². The maximum Gasteiger partial charge on any atom is 0.573 e. The molecule has 8 nitrogen and oxygen atoms in total. The highest BCUT2D eigenvalue weighted by Gasteiger charge is 2.31. The van der Waals surface area contributed by atoms with Crippen molar-refractivity contribution in [3.63, 3.8) is 0 Å². The molecule has 5 aromatic rings. The number of sulfone groups is 1. The summed E-state index contributed by atoms with van der Waals surface area (Å²) in [5.74, 6) is -0.549. The summed E-state index contributed by atoms with van der Waals surface area (Å²) < 4.78 is 85.0. The van der Waals surface area contributed by atoms with E-state index in [-0.39, 0.29) is 16.3 Å². The zero-order valence-corrected chi connectivity index (χ0v) is 22.1. The van der Waals surface area contributed by atoms with Gasteiger partial charge in [0.05, 0.1) is 28.2 Å². The molecule has 0 aliphatic heterocycles. The molecule has 13 heteroatoms. The Labute approximate surface area is 226 Å². The average molecular weight is 572 g/mol. The monoisotopic (exact) mass is 571 g/mol. The van der Waals surface area contributed by atoms with Gasteiger partial charge < -0.3 is 4.74 Å². The van der Waals surface area contributed by atoms with Crippen molar-refractivity contribution >= 4 is 9.84 Å². The van der Waals surface area contributed by atoms with Gasteiger partial charge in [-0.1, -0.05) is 17.3 Å². The lowest BCUT2D eigenvalue weighted by Gasteiger charge is -2.17. The van der Waals surface area contributed by atoms with E-state index in [1.807, 2.05) is 0 Å². The van der Waals surface area contributed by atoms with E-state index in [0.717, 1.165) is 18.4 Å². The molecule has 40 heavy (non-hydrogen) atoms. The summed E-state index contributed by atoms with van der Waals surface area (Å²) in [7, 11) is -3.52. The number of hydrogen-bond acceptors (Lipinski definition) is 6. The van der Waals surface area contributed by atoms with Gasteiger partial charge in [-0.15, -0.1) is 18.3 Å². The maximum atomic E-state index is 16.0. The zero-order chi connectivity index (χ0) is 28.8. The number of alkyl halides is 3. The van der Waals surface area contributed by atoms with Crippen molar-refractivity contribution in [2.24, 2.45) is 0 Å². The molecule has 0 radical (unpaired) electrons. The fourth-order valence-corrected chi connectivity index (χ4v) is 5.01. The Morgan fingerprint density at radius 2 is 1.65 bits per heavy atom. The van der Waals surface area contributed by atoms with Crippen LogP contribution in [0, 0.1) is 19.7 Å². The van der Waals surface area contributed by atoms with Gasteiger partial charge in [0.2, 0.25) is 0 Å². The molecule has 2 heterocycles. The predicted molar refractivity (Wildman–Crippen MR) is 139 cm³/mol. The largest absolute Gasteiger partial charge is 0.573 e. The van der Waals surface area contributed by atoms with Gasteiger partial charge in [-0.3, -0.25) is 4.57 Å². The lowest BCUT2D eigenvalue weighted by Crippen LogP contribution is -2.17. The van der Waals surface area contributed by atoms with Crippen LogP contribution in [0.25, 0.3) is 33.8 Å². The Morgan fingerprint density at radius 1 is 0.925 bits per heavy atom. The Bertz CT molecular complexity index is 1830. The molecule has 0 aliphatic rings. The van der Waals surface area contributed by atoms with Crippen LogP contribution < -0.4 is 4.74 Å². The molecule has 0 aliphatic carbocycles. The minimum Gasteiger partial charge on any atom is -0.406 e. The quantitative estimate of drug-likeness (QED) is 0.238. The average Bonchev–Trinajstić information content (AvgIpc) is 3.48. The first-order valence-electron chi connectivity index (χ1n) is 11.7. The first kappa shape index (κ1) is 27.1. The second-order valence-corrected chi connectivity index (χ2v) is 11.0. The van der Waals surface area contributed by atoms with Gasteiger partial charge in [-0.2, -0.15) is 0 Å². The highest BCUT2D eigenvalue weighted by atomic mass is 32.2. The van der Waals surface area contributed by atoms with Crippen molar-refractivity contribution in [1.29, 1.82) is 0 Å². The van der Waals surface area contributed by atoms with Gasteiger partial charge in [0.25, 0.3) is 0 Å². The Hall–Kier alpha value is -4.52. The Balaban J connectivity index is 1.71.